The van der Waals surface area contributed by atoms with Crippen molar-refractivity contribution in [3.8, 4) is 0 Å². The van der Waals surface area contributed by atoms with Crippen LogP contribution in [0.1, 0.15) is 6.92 Å². The highest BCUT2D eigenvalue weighted by Gasteiger charge is 1.71. The van der Waals surface area contributed by atoms with Crippen molar-refractivity contribution in [3.05, 3.63) is 12.3 Å². The summed E-state index contributed by atoms with van der Waals surface area (Å²) >= 11 is 0. The fourth-order valence-corrected chi connectivity index (χ4v) is 0.303. The normalized spacial score (nSPS) is 10.1. The summed E-state index contributed by atoms with van der Waals surface area (Å²) in [5.74, 6) is 0. The maximum absolute atomic E-state index is 4.96. The van der Waals surface area contributed by atoms with Gasteiger partial charge in [-0.1, -0.05) is 0 Å². The molecule has 0 bridgehead atoms. The van der Waals surface area contributed by atoms with Crippen LogP contribution in [0.3, 0.4) is 0 Å². The molecule has 0 aromatic rings. The highest BCUT2D eigenvalue weighted by atomic mass is 16.5. The molecule has 0 aliphatic heterocycles. The molecule has 0 rings (SSSR count). The molecule has 46 valence electrons. The topological polar surface area (TPSA) is 21.6 Å². The summed E-state index contributed by atoms with van der Waals surface area (Å²) in [5, 5.41) is 0. The van der Waals surface area contributed by atoms with E-state index in [1.165, 1.54) is 0 Å². The van der Waals surface area contributed by atoms with Crippen LogP contribution in [-0.2, 0) is 4.74 Å². The van der Waals surface area contributed by atoms with E-state index >= 15 is 0 Å². The lowest BCUT2D eigenvalue weighted by atomic mass is 10.6. The monoisotopic (exact) mass is 113 g/mol. The fourth-order valence-electron chi connectivity index (χ4n) is 0.303. The number of aliphatic imine (C=N–C) groups is 1. The highest BCUT2D eigenvalue weighted by molar-refractivity contribution is 5.25. The molecule has 0 aliphatic carbocycles. The van der Waals surface area contributed by atoms with Gasteiger partial charge in [0.15, 0.2) is 0 Å². The molecule has 0 saturated heterocycles. The molecule has 0 amide bonds. The van der Waals surface area contributed by atoms with Crippen LogP contribution in [0, 0.1) is 0 Å². The van der Waals surface area contributed by atoms with Crippen LogP contribution in [0.4, 0.5) is 0 Å². The first-order valence-corrected chi connectivity index (χ1v) is 2.60. The molecule has 0 aromatic heterocycles. The van der Waals surface area contributed by atoms with Crippen molar-refractivity contribution in [2.75, 3.05) is 13.2 Å². The van der Waals surface area contributed by atoms with Gasteiger partial charge in [-0.15, -0.1) is 0 Å². The third kappa shape index (κ3) is 5.37. The van der Waals surface area contributed by atoms with Crippen LogP contribution >= 0.6 is 0 Å². The van der Waals surface area contributed by atoms with E-state index in [4.69, 9.17) is 4.74 Å². The van der Waals surface area contributed by atoms with E-state index in [0.29, 0.717) is 6.61 Å². The maximum Gasteiger partial charge on any atom is 0.0665 e. The molecule has 8 heavy (non-hydrogen) atoms. The van der Waals surface area contributed by atoms with Gasteiger partial charge in [-0.2, -0.15) is 0 Å². The largest absolute Gasteiger partial charge is 0.378 e. The van der Waals surface area contributed by atoms with Crippen LogP contribution in [0.2, 0.25) is 0 Å². The maximum atomic E-state index is 4.96. The van der Waals surface area contributed by atoms with Crippen molar-refractivity contribution in [2.45, 2.75) is 6.92 Å². The minimum Gasteiger partial charge on any atom is -0.378 e. The van der Waals surface area contributed by atoms with E-state index in [-0.39, 0.29) is 0 Å². The van der Waals surface area contributed by atoms with Crippen LogP contribution in [0.5, 0.6) is 0 Å². The average Bonchev–Trinajstić information content (AvgIpc) is 1.81. The Balaban J connectivity index is 2.91. The van der Waals surface area contributed by atoms with Crippen LogP contribution < -0.4 is 0 Å². The summed E-state index contributed by atoms with van der Waals surface area (Å²) in [6.45, 7) is 6.61. The van der Waals surface area contributed by atoms with Gasteiger partial charge in [-0.25, -0.2) is 0 Å². The van der Waals surface area contributed by atoms with Gasteiger partial charge in [0.05, 0.1) is 6.61 Å². The number of hydrogen-bond acceptors (Lipinski definition) is 2. The molecule has 0 aromatic carbocycles. The summed E-state index contributed by atoms with van der Waals surface area (Å²) in [7, 11) is 0. The molecule has 0 spiro atoms. The molecule has 0 N–H and O–H groups in total. The van der Waals surface area contributed by atoms with E-state index in [1.54, 1.807) is 6.20 Å². The molecular weight excluding hydrogens is 102 g/mol. The van der Waals surface area contributed by atoms with E-state index in [9.17, 15) is 0 Å². The van der Waals surface area contributed by atoms with Crippen molar-refractivity contribution in [2.24, 2.45) is 4.99 Å². The molecular formula is C6H11NO. The Morgan fingerprint density at radius 2 is 2.50 bits per heavy atom. The van der Waals surface area contributed by atoms with Crippen molar-refractivity contribution in [1.82, 2.24) is 0 Å². The van der Waals surface area contributed by atoms with Crippen LogP contribution in [-0.4, -0.2) is 19.9 Å². The zero-order chi connectivity index (χ0) is 6.24. The molecule has 2 heteroatoms. The first kappa shape index (κ1) is 7.37. The lowest BCUT2D eigenvalue weighted by molar-refractivity contribution is 0.177. The van der Waals surface area contributed by atoms with Gasteiger partial charge in [-0.3, -0.25) is 4.99 Å². The third-order valence-electron chi connectivity index (χ3n) is 0.629. The van der Waals surface area contributed by atoms with E-state index in [0.717, 1.165) is 6.61 Å². The average molecular weight is 113 g/mol. The van der Waals surface area contributed by atoms with Gasteiger partial charge in [-0.05, 0) is 19.7 Å². The van der Waals surface area contributed by atoms with Crippen molar-refractivity contribution in [1.29, 1.82) is 0 Å². The second kappa shape index (κ2) is 6.37. The first-order chi connectivity index (χ1) is 3.91. The Bertz CT molecular complexity index is 78.6. The number of nitrogens with zero attached hydrogens (tertiary/aromatic N) is 1. The molecule has 0 fully saturated rings. The zero-order valence-corrected chi connectivity index (χ0v) is 5.13. The van der Waals surface area contributed by atoms with Crippen molar-refractivity contribution >= 4 is 6.72 Å². The second-order valence-corrected chi connectivity index (χ2v) is 1.23. The van der Waals surface area contributed by atoms with Gasteiger partial charge in [0.25, 0.3) is 0 Å². The Labute approximate surface area is 49.9 Å². The number of ether oxygens (including phenoxy) is 1. The van der Waals surface area contributed by atoms with Gasteiger partial charge < -0.3 is 4.74 Å². The molecule has 0 atom stereocenters. The van der Waals surface area contributed by atoms with E-state index < -0.39 is 0 Å². The molecule has 2 nitrogen and oxygen atoms in total. The molecule has 0 aliphatic rings. The predicted molar refractivity (Wildman–Crippen MR) is 35.2 cm³/mol. The highest BCUT2D eigenvalue weighted by Crippen LogP contribution is 1.75. The van der Waals surface area contributed by atoms with Crippen LogP contribution in [0.15, 0.2) is 17.3 Å². The minimum atomic E-state index is 0.634. The van der Waals surface area contributed by atoms with E-state index in [1.807, 2.05) is 13.0 Å². The van der Waals surface area contributed by atoms with Crippen molar-refractivity contribution < 1.29 is 4.74 Å². The summed E-state index contributed by atoms with van der Waals surface area (Å²) in [6, 6.07) is 0. The Hall–Kier alpha value is -0.630. The quantitative estimate of drug-likeness (QED) is 0.397. The molecule has 0 saturated carbocycles. The predicted octanol–water partition coefficient (Wildman–Crippen LogP) is 1.24. The molecule has 0 heterocycles. The third-order valence-corrected chi connectivity index (χ3v) is 0.629. The SMILES string of the molecule is C=N/C=C/COCC. The summed E-state index contributed by atoms with van der Waals surface area (Å²) in [4.78, 5) is 3.50. The summed E-state index contributed by atoms with van der Waals surface area (Å²) < 4.78 is 4.96. The van der Waals surface area contributed by atoms with Gasteiger partial charge in [0.2, 0.25) is 0 Å². The van der Waals surface area contributed by atoms with E-state index in [2.05, 4.69) is 11.7 Å². The fraction of sp³-hybridized carbons (Fsp3) is 0.500. The lowest BCUT2D eigenvalue weighted by Crippen LogP contribution is -1.86. The van der Waals surface area contributed by atoms with Crippen molar-refractivity contribution in [3.63, 3.8) is 0 Å². The minimum absolute atomic E-state index is 0.634. The lowest BCUT2D eigenvalue weighted by Gasteiger charge is -1.89. The Morgan fingerprint density at radius 1 is 1.75 bits per heavy atom. The number of rotatable bonds is 4. The first-order valence-electron chi connectivity index (χ1n) is 2.60. The Kier molecular flexibility index (Phi) is 5.87. The van der Waals surface area contributed by atoms with Crippen LogP contribution in [0.25, 0.3) is 0 Å². The standard InChI is InChI=1S/C6H11NO/c1-3-8-6-4-5-7-2/h4-5H,2-3,6H2,1H3/b5-4+. The van der Waals surface area contributed by atoms with Gasteiger partial charge in [0, 0.05) is 12.8 Å². The summed E-state index contributed by atoms with van der Waals surface area (Å²) in [5.41, 5.74) is 0. The Morgan fingerprint density at radius 3 is 3.00 bits per heavy atom. The number of hydrogen-bond donors (Lipinski definition) is 0. The summed E-state index contributed by atoms with van der Waals surface area (Å²) in [6.07, 6.45) is 3.44. The zero-order valence-electron chi connectivity index (χ0n) is 5.13. The smallest absolute Gasteiger partial charge is 0.0665 e. The second-order valence-electron chi connectivity index (χ2n) is 1.23. The van der Waals surface area contributed by atoms with Gasteiger partial charge in [0.1, 0.15) is 0 Å². The molecule has 0 radical (unpaired) electrons. The molecule has 0 unspecified atom stereocenters. The van der Waals surface area contributed by atoms with Gasteiger partial charge >= 0.3 is 0 Å².